The van der Waals surface area contributed by atoms with Gasteiger partial charge in [-0.25, -0.2) is 0 Å². The Hall–Kier alpha value is -1.24. The van der Waals surface area contributed by atoms with Crippen molar-refractivity contribution in [1.29, 1.82) is 0 Å². The van der Waals surface area contributed by atoms with Gasteiger partial charge in [0, 0.05) is 30.1 Å². The topological polar surface area (TPSA) is 68.2 Å². The van der Waals surface area contributed by atoms with Gasteiger partial charge in [0.05, 0.1) is 6.54 Å². The Balaban J connectivity index is 1.69. The van der Waals surface area contributed by atoms with Crippen LogP contribution in [-0.2, 0) is 6.54 Å². The summed E-state index contributed by atoms with van der Waals surface area (Å²) in [6.45, 7) is 2.52. The molecule has 84 valence electrons. The third-order valence-electron chi connectivity index (χ3n) is 2.59. The summed E-state index contributed by atoms with van der Waals surface area (Å²) >= 11 is 1.62. The maximum absolute atomic E-state index is 5.70. The minimum atomic E-state index is 0.305. The maximum atomic E-state index is 5.70. The first-order valence-corrected chi connectivity index (χ1v) is 6.08. The average Bonchev–Trinajstić information content (AvgIpc) is 2.84. The van der Waals surface area contributed by atoms with Crippen molar-refractivity contribution in [2.75, 3.05) is 13.1 Å². The molecule has 0 amide bonds. The molecular weight excluding hydrogens is 224 g/mol. The van der Waals surface area contributed by atoms with E-state index in [1.165, 1.54) is 0 Å². The van der Waals surface area contributed by atoms with E-state index in [1.54, 1.807) is 11.3 Å². The Labute approximate surface area is 96.9 Å². The van der Waals surface area contributed by atoms with Gasteiger partial charge in [0.25, 0.3) is 0 Å². The number of hydrogen-bond acceptors (Lipinski definition) is 6. The van der Waals surface area contributed by atoms with Crippen LogP contribution in [-0.4, -0.2) is 34.2 Å². The second-order valence-electron chi connectivity index (χ2n) is 3.98. The summed E-state index contributed by atoms with van der Waals surface area (Å²) < 4.78 is 5.19. The Morgan fingerprint density at radius 2 is 2.44 bits per heavy atom. The van der Waals surface area contributed by atoms with Crippen LogP contribution in [0.1, 0.15) is 5.89 Å². The van der Waals surface area contributed by atoms with Crippen LogP contribution >= 0.6 is 11.3 Å². The molecule has 1 fully saturated rings. The quantitative estimate of drug-likeness (QED) is 0.859. The van der Waals surface area contributed by atoms with E-state index in [2.05, 4.69) is 15.0 Å². The van der Waals surface area contributed by atoms with Crippen molar-refractivity contribution in [2.24, 2.45) is 5.73 Å². The van der Waals surface area contributed by atoms with Gasteiger partial charge in [-0.1, -0.05) is 5.16 Å². The average molecular weight is 236 g/mol. The summed E-state index contributed by atoms with van der Waals surface area (Å²) in [5.41, 5.74) is 6.71. The van der Waals surface area contributed by atoms with Crippen LogP contribution in [0.25, 0.3) is 11.4 Å². The minimum absolute atomic E-state index is 0.305. The molecule has 2 N–H and O–H groups in total. The van der Waals surface area contributed by atoms with Gasteiger partial charge in [-0.15, -0.1) is 0 Å². The van der Waals surface area contributed by atoms with E-state index in [0.29, 0.717) is 24.3 Å². The normalized spacial score (nSPS) is 17.6. The van der Waals surface area contributed by atoms with Crippen molar-refractivity contribution in [3.05, 3.63) is 22.7 Å². The zero-order valence-corrected chi connectivity index (χ0v) is 9.48. The standard InChI is InChI=1S/C10H12N4OS/c11-8-3-14(4-8)5-9-12-10(13-15-9)7-1-2-16-6-7/h1-2,6,8H,3-5,11H2. The molecule has 5 nitrogen and oxygen atoms in total. The van der Waals surface area contributed by atoms with E-state index in [9.17, 15) is 0 Å². The molecule has 2 aromatic heterocycles. The lowest BCUT2D eigenvalue weighted by Crippen LogP contribution is -2.54. The van der Waals surface area contributed by atoms with Crippen molar-refractivity contribution >= 4 is 11.3 Å². The summed E-state index contributed by atoms with van der Waals surface area (Å²) in [7, 11) is 0. The highest BCUT2D eigenvalue weighted by Crippen LogP contribution is 2.19. The van der Waals surface area contributed by atoms with Crippen LogP contribution in [0.15, 0.2) is 21.3 Å². The van der Waals surface area contributed by atoms with Gasteiger partial charge in [0.2, 0.25) is 11.7 Å². The Morgan fingerprint density at radius 1 is 1.56 bits per heavy atom. The molecule has 0 spiro atoms. The SMILES string of the molecule is NC1CN(Cc2nc(-c3ccsc3)no2)C1. The van der Waals surface area contributed by atoms with Gasteiger partial charge in [0.15, 0.2) is 0 Å². The minimum Gasteiger partial charge on any atom is -0.338 e. The molecule has 1 saturated heterocycles. The zero-order chi connectivity index (χ0) is 11.0. The highest BCUT2D eigenvalue weighted by Gasteiger charge is 2.24. The number of hydrogen-bond donors (Lipinski definition) is 1. The third-order valence-corrected chi connectivity index (χ3v) is 3.27. The van der Waals surface area contributed by atoms with E-state index < -0.39 is 0 Å². The predicted molar refractivity (Wildman–Crippen MR) is 60.9 cm³/mol. The van der Waals surface area contributed by atoms with E-state index in [1.807, 2.05) is 16.8 Å². The second-order valence-corrected chi connectivity index (χ2v) is 4.76. The summed E-state index contributed by atoms with van der Waals surface area (Å²) in [4.78, 5) is 6.54. The van der Waals surface area contributed by atoms with Gasteiger partial charge in [-0.05, 0) is 11.4 Å². The van der Waals surface area contributed by atoms with E-state index in [0.717, 1.165) is 18.7 Å². The van der Waals surface area contributed by atoms with Crippen LogP contribution in [0.4, 0.5) is 0 Å². The Bertz CT molecular complexity index is 461. The summed E-state index contributed by atoms with van der Waals surface area (Å²) in [6.07, 6.45) is 0. The van der Waals surface area contributed by atoms with Gasteiger partial charge in [-0.2, -0.15) is 16.3 Å². The molecule has 1 aliphatic rings. The monoisotopic (exact) mass is 236 g/mol. The molecule has 2 aromatic rings. The molecule has 0 aromatic carbocycles. The lowest BCUT2D eigenvalue weighted by molar-refractivity contribution is 0.125. The number of aromatic nitrogens is 2. The van der Waals surface area contributed by atoms with Gasteiger partial charge >= 0.3 is 0 Å². The molecule has 0 aliphatic carbocycles. The fourth-order valence-corrected chi connectivity index (χ4v) is 2.39. The van der Waals surface area contributed by atoms with Gasteiger partial charge < -0.3 is 10.3 Å². The fraction of sp³-hybridized carbons (Fsp3) is 0.400. The fourth-order valence-electron chi connectivity index (χ4n) is 1.76. The van der Waals surface area contributed by atoms with Crippen LogP contribution in [0.3, 0.4) is 0 Å². The Morgan fingerprint density at radius 3 is 3.12 bits per heavy atom. The molecule has 16 heavy (non-hydrogen) atoms. The highest BCUT2D eigenvalue weighted by atomic mass is 32.1. The first kappa shape index (κ1) is 9.95. The molecular formula is C10H12N4OS. The molecule has 3 heterocycles. The molecule has 0 bridgehead atoms. The summed E-state index contributed by atoms with van der Waals surface area (Å²) in [6, 6.07) is 2.29. The van der Waals surface area contributed by atoms with Crippen molar-refractivity contribution < 1.29 is 4.52 Å². The lowest BCUT2D eigenvalue weighted by Gasteiger charge is -2.35. The van der Waals surface area contributed by atoms with Crippen molar-refractivity contribution in [1.82, 2.24) is 15.0 Å². The van der Waals surface area contributed by atoms with Crippen LogP contribution in [0.2, 0.25) is 0 Å². The largest absolute Gasteiger partial charge is 0.338 e. The summed E-state index contributed by atoms with van der Waals surface area (Å²) in [5.74, 6) is 1.33. The molecule has 0 unspecified atom stereocenters. The van der Waals surface area contributed by atoms with Crippen LogP contribution in [0.5, 0.6) is 0 Å². The van der Waals surface area contributed by atoms with E-state index in [-0.39, 0.29) is 0 Å². The summed E-state index contributed by atoms with van der Waals surface area (Å²) in [5, 5.41) is 7.96. The third kappa shape index (κ3) is 1.87. The number of nitrogens with zero attached hydrogens (tertiary/aromatic N) is 3. The number of nitrogens with two attached hydrogens (primary N) is 1. The first-order chi connectivity index (χ1) is 7.81. The molecule has 0 saturated carbocycles. The number of rotatable bonds is 3. The van der Waals surface area contributed by atoms with Crippen molar-refractivity contribution in [2.45, 2.75) is 12.6 Å². The molecule has 6 heteroatoms. The number of likely N-dealkylation sites (tertiary alicyclic amines) is 1. The molecule has 0 radical (unpaired) electrons. The molecule has 0 atom stereocenters. The van der Waals surface area contributed by atoms with Crippen molar-refractivity contribution in [3.8, 4) is 11.4 Å². The van der Waals surface area contributed by atoms with Gasteiger partial charge in [-0.3, -0.25) is 4.90 Å². The molecule has 3 rings (SSSR count). The highest BCUT2D eigenvalue weighted by molar-refractivity contribution is 7.08. The zero-order valence-electron chi connectivity index (χ0n) is 8.67. The predicted octanol–water partition coefficient (Wildman–Crippen LogP) is 0.941. The second kappa shape index (κ2) is 3.97. The van der Waals surface area contributed by atoms with E-state index in [4.69, 9.17) is 10.3 Å². The van der Waals surface area contributed by atoms with Crippen LogP contribution in [0, 0.1) is 0 Å². The van der Waals surface area contributed by atoms with Gasteiger partial charge in [0.1, 0.15) is 0 Å². The maximum Gasteiger partial charge on any atom is 0.241 e. The van der Waals surface area contributed by atoms with E-state index >= 15 is 0 Å². The molecule has 1 aliphatic heterocycles. The first-order valence-electron chi connectivity index (χ1n) is 5.14. The number of thiophene rings is 1. The smallest absolute Gasteiger partial charge is 0.241 e. The van der Waals surface area contributed by atoms with Crippen molar-refractivity contribution in [3.63, 3.8) is 0 Å². The van der Waals surface area contributed by atoms with Crippen LogP contribution < -0.4 is 5.73 Å². The lowest BCUT2D eigenvalue weighted by atomic mass is 10.1. The Kier molecular flexibility index (Phi) is 2.47.